The number of halogens is 1. The summed E-state index contributed by atoms with van der Waals surface area (Å²) in [6.07, 6.45) is 3.33. The highest BCUT2D eigenvalue weighted by Gasteiger charge is 2.56. The Morgan fingerprint density at radius 3 is 2.52 bits per heavy atom. The lowest BCUT2D eigenvalue weighted by Crippen LogP contribution is -2.59. The maximum atomic E-state index is 14.6. The number of ketones is 1. The molecule has 13 heteroatoms. The number of carbonyl (C=O) groups excluding carboxylic acids is 5. The number of amides is 4. The van der Waals surface area contributed by atoms with Crippen LogP contribution >= 0.6 is 22.9 Å². The van der Waals surface area contributed by atoms with Gasteiger partial charge in [-0.15, -0.1) is 11.3 Å². The molecule has 4 aliphatic rings. The minimum absolute atomic E-state index is 0.0396. The number of likely N-dealkylation sites (tertiary alicyclic amines) is 1. The van der Waals surface area contributed by atoms with Crippen molar-refractivity contribution in [3.63, 3.8) is 0 Å². The van der Waals surface area contributed by atoms with Crippen molar-refractivity contribution >= 4 is 58.1 Å². The Morgan fingerprint density at radius 1 is 1.10 bits per heavy atom. The van der Waals surface area contributed by atoms with Crippen LogP contribution in [0.5, 0.6) is 0 Å². The van der Waals surface area contributed by atoms with Gasteiger partial charge in [0.1, 0.15) is 12.1 Å². The van der Waals surface area contributed by atoms with Gasteiger partial charge in [-0.2, -0.15) is 0 Å². The fourth-order valence-corrected chi connectivity index (χ4v) is 7.88. The second-order valence-electron chi connectivity index (χ2n) is 14.6. The second-order valence-corrected chi connectivity index (χ2v) is 16.1. The Balaban J connectivity index is 1.25. The Morgan fingerprint density at radius 2 is 1.88 bits per heavy atom. The fraction of sp³-hybridized carbons (Fsp3) is 0.543. The molecule has 0 radical (unpaired) electrons. The van der Waals surface area contributed by atoms with Crippen LogP contribution in [0.3, 0.4) is 0 Å². The maximum Gasteiger partial charge on any atom is 0.289 e. The van der Waals surface area contributed by atoms with E-state index in [1.165, 1.54) is 11.9 Å². The second kappa shape index (κ2) is 13.3. The summed E-state index contributed by atoms with van der Waals surface area (Å²) in [4.78, 5) is 76.2. The molecule has 1 aromatic carbocycles. The molecule has 3 fully saturated rings. The number of oxime groups is 1. The van der Waals surface area contributed by atoms with E-state index in [1.807, 2.05) is 50.4 Å². The number of rotatable bonds is 11. The number of benzene rings is 1. The van der Waals surface area contributed by atoms with Crippen LogP contribution in [-0.4, -0.2) is 77.3 Å². The summed E-state index contributed by atoms with van der Waals surface area (Å²) in [5.41, 5.74) is -0.296. The molecule has 6 atom stereocenters. The largest absolute Gasteiger partial charge is 0.387 e. The summed E-state index contributed by atoms with van der Waals surface area (Å²) in [7, 11) is 1.37. The first kappa shape index (κ1) is 34.1. The maximum absolute atomic E-state index is 14.6. The van der Waals surface area contributed by atoms with Crippen molar-refractivity contribution in [1.29, 1.82) is 0 Å². The van der Waals surface area contributed by atoms with Gasteiger partial charge in [-0.05, 0) is 47.8 Å². The molecule has 1 saturated heterocycles. The summed E-state index contributed by atoms with van der Waals surface area (Å²) >= 11 is 7.86. The molecule has 2 aliphatic carbocycles. The van der Waals surface area contributed by atoms with Gasteiger partial charge in [0.15, 0.2) is 5.60 Å². The number of hydrogen-bond acceptors (Lipinski definition) is 8. The normalized spacial score (nSPS) is 25.9. The third-order valence-electron chi connectivity index (χ3n) is 9.77. The molecule has 2 aliphatic heterocycles. The zero-order valence-corrected chi connectivity index (χ0v) is 29.2. The Kier molecular flexibility index (Phi) is 9.43. The number of likely N-dealkylation sites (N-methyl/N-ethyl adjacent to an activating group) is 1. The van der Waals surface area contributed by atoms with E-state index in [2.05, 4.69) is 21.1 Å². The Labute approximate surface area is 289 Å². The predicted molar refractivity (Wildman–Crippen MR) is 181 cm³/mol. The van der Waals surface area contributed by atoms with Gasteiger partial charge in [-0.25, -0.2) is 0 Å². The number of hydrogen-bond donors (Lipinski definition) is 3. The molecular formula is C35H42ClN5O6S. The van der Waals surface area contributed by atoms with E-state index < -0.39 is 52.6 Å². The fourth-order valence-electron chi connectivity index (χ4n) is 6.79. The van der Waals surface area contributed by atoms with Crippen molar-refractivity contribution in [2.75, 3.05) is 13.6 Å². The van der Waals surface area contributed by atoms with Crippen molar-refractivity contribution in [3.05, 3.63) is 57.2 Å². The van der Waals surface area contributed by atoms with Crippen LogP contribution in [0.15, 0.2) is 46.9 Å². The predicted octanol–water partition coefficient (Wildman–Crippen LogP) is 3.80. The molecule has 4 amide bonds. The standard InChI is InChI=1S/C35H42ClN5O6S/c1-34(2,3)29(39-30(43)23-15-22(23)27-9-6-12-48-27)33(46)41-18-35(16-25(40-47-35)20-7-5-8-21(36)14-20)17-26(41)31(44)38-24(13-19-10-11-19)28(42)32(45)37-4/h5-9,12,14,19,22-24,26,29H,10-11,13,15-18H2,1-4H3,(H,37,45)(H,38,44)(H,39,43)/t22-,23-,24?,26+,29-,35-/m1/s1. The highest BCUT2D eigenvalue weighted by atomic mass is 35.5. The van der Waals surface area contributed by atoms with Gasteiger partial charge in [0, 0.05) is 47.2 Å². The lowest BCUT2D eigenvalue weighted by atomic mass is 9.85. The van der Waals surface area contributed by atoms with E-state index in [9.17, 15) is 24.0 Å². The van der Waals surface area contributed by atoms with Crippen molar-refractivity contribution in [1.82, 2.24) is 20.9 Å². The third kappa shape index (κ3) is 7.29. The molecule has 2 saturated carbocycles. The molecule has 6 rings (SSSR count). The lowest BCUT2D eigenvalue weighted by Gasteiger charge is -2.35. The summed E-state index contributed by atoms with van der Waals surface area (Å²) in [5.74, 6) is -2.53. The Hall–Kier alpha value is -3.77. The minimum atomic E-state index is -1.04. The van der Waals surface area contributed by atoms with Gasteiger partial charge < -0.3 is 25.7 Å². The monoisotopic (exact) mass is 695 g/mol. The van der Waals surface area contributed by atoms with Crippen LogP contribution in [0.4, 0.5) is 0 Å². The van der Waals surface area contributed by atoms with Crippen LogP contribution in [0.1, 0.15) is 75.7 Å². The first-order chi connectivity index (χ1) is 22.8. The van der Waals surface area contributed by atoms with Crippen LogP contribution in [0.2, 0.25) is 5.02 Å². The quantitative estimate of drug-likeness (QED) is 0.305. The van der Waals surface area contributed by atoms with Gasteiger partial charge >= 0.3 is 0 Å². The first-order valence-electron chi connectivity index (χ1n) is 16.5. The summed E-state index contributed by atoms with van der Waals surface area (Å²) in [5, 5.41) is 15.1. The highest BCUT2D eigenvalue weighted by Crippen LogP contribution is 2.49. The van der Waals surface area contributed by atoms with E-state index in [1.54, 1.807) is 23.5 Å². The minimum Gasteiger partial charge on any atom is -0.387 e. The summed E-state index contributed by atoms with van der Waals surface area (Å²) in [6, 6.07) is 8.21. The smallest absolute Gasteiger partial charge is 0.289 e. The topological polar surface area (TPSA) is 146 Å². The number of thiophene rings is 1. The van der Waals surface area contributed by atoms with Crippen LogP contribution in [-0.2, 0) is 28.8 Å². The van der Waals surface area contributed by atoms with Crippen LogP contribution < -0.4 is 16.0 Å². The molecule has 3 heterocycles. The number of nitrogens with zero attached hydrogens (tertiary/aromatic N) is 2. The van der Waals surface area contributed by atoms with Gasteiger partial charge in [-0.1, -0.05) is 68.6 Å². The average molecular weight is 696 g/mol. The number of nitrogens with one attached hydrogen (secondary N) is 3. The van der Waals surface area contributed by atoms with Crippen LogP contribution in [0.25, 0.3) is 0 Å². The molecule has 11 nitrogen and oxygen atoms in total. The van der Waals surface area contributed by atoms with E-state index in [4.69, 9.17) is 16.4 Å². The Bertz CT molecular complexity index is 1640. The molecule has 1 unspecified atom stereocenters. The molecule has 1 aromatic heterocycles. The zero-order valence-electron chi connectivity index (χ0n) is 27.6. The van der Waals surface area contributed by atoms with Gasteiger partial charge in [0.25, 0.3) is 5.91 Å². The summed E-state index contributed by atoms with van der Waals surface area (Å²) in [6.45, 7) is 5.67. The van der Waals surface area contributed by atoms with Crippen molar-refractivity contribution in [2.24, 2.45) is 22.4 Å². The van der Waals surface area contributed by atoms with Gasteiger partial charge in [0.05, 0.1) is 18.3 Å². The van der Waals surface area contributed by atoms with E-state index in [0.717, 1.165) is 23.3 Å². The molecular weight excluding hydrogens is 654 g/mol. The highest BCUT2D eigenvalue weighted by molar-refractivity contribution is 7.10. The molecule has 0 bridgehead atoms. The van der Waals surface area contributed by atoms with Gasteiger partial charge in [0.2, 0.25) is 23.5 Å². The van der Waals surface area contributed by atoms with Crippen molar-refractivity contribution in [3.8, 4) is 0 Å². The molecule has 48 heavy (non-hydrogen) atoms. The number of Topliss-reactive ketones (excluding diaryl/α,β-unsaturated/α-hetero) is 1. The lowest BCUT2D eigenvalue weighted by molar-refractivity contribution is -0.145. The first-order valence-corrected chi connectivity index (χ1v) is 17.8. The molecule has 3 N–H and O–H groups in total. The average Bonchev–Trinajstić information content (AvgIpc) is 3.88. The molecule has 1 spiro atoms. The molecule has 256 valence electrons. The van der Waals surface area contributed by atoms with Crippen molar-refractivity contribution in [2.45, 2.75) is 88.9 Å². The van der Waals surface area contributed by atoms with E-state index in [0.29, 0.717) is 30.0 Å². The third-order valence-corrected chi connectivity index (χ3v) is 11.0. The zero-order chi connectivity index (χ0) is 34.4. The summed E-state index contributed by atoms with van der Waals surface area (Å²) < 4.78 is 0. The number of carbonyl (C=O) groups is 5. The van der Waals surface area contributed by atoms with Crippen molar-refractivity contribution < 1.29 is 28.8 Å². The van der Waals surface area contributed by atoms with E-state index in [-0.39, 0.29) is 36.6 Å². The SMILES string of the molecule is CNC(=O)C(=O)C(CC1CC1)NC(=O)[C@@H]1C[C@]2(CC(c3cccc(Cl)c3)=NO2)CN1C(=O)[C@@H](NC(=O)[C@@H]1C[C@H]1c1cccs1)C(C)(C)C. The van der Waals surface area contributed by atoms with Gasteiger partial charge in [-0.3, -0.25) is 24.0 Å². The van der Waals surface area contributed by atoms with E-state index >= 15 is 0 Å². The molecule has 2 aromatic rings. The van der Waals surface area contributed by atoms with Crippen LogP contribution in [0, 0.1) is 17.3 Å².